The normalized spacial score (nSPS) is 11.6. The predicted molar refractivity (Wildman–Crippen MR) is 136 cm³/mol. The van der Waals surface area contributed by atoms with Crippen molar-refractivity contribution >= 4 is 11.6 Å². The van der Waals surface area contributed by atoms with Crippen molar-refractivity contribution in [1.82, 2.24) is 19.5 Å². The SMILES string of the molecule is Cc1cnc(-c2nc(C(C)(C)O)ncc2C)cc1-n1c(C)cc(OCc2ccc(F)cc2F)c(Cl)c1=O. The molecule has 37 heavy (non-hydrogen) atoms. The Morgan fingerprint density at radius 1 is 1.05 bits per heavy atom. The summed E-state index contributed by atoms with van der Waals surface area (Å²) in [6, 6.07) is 6.45. The minimum atomic E-state index is -1.25. The fraction of sp³-hybridized carbons (Fsp3) is 0.259. The quantitative estimate of drug-likeness (QED) is 0.364. The highest BCUT2D eigenvalue weighted by atomic mass is 35.5. The molecule has 1 N–H and O–H groups in total. The summed E-state index contributed by atoms with van der Waals surface area (Å²) < 4.78 is 34.2. The van der Waals surface area contributed by atoms with E-state index < -0.39 is 22.8 Å². The lowest BCUT2D eigenvalue weighted by atomic mass is 10.1. The van der Waals surface area contributed by atoms with Crippen LogP contribution in [0.4, 0.5) is 8.78 Å². The number of hydrogen-bond donors (Lipinski definition) is 1. The second kappa shape index (κ2) is 9.99. The summed E-state index contributed by atoms with van der Waals surface area (Å²) in [5, 5.41) is 10.2. The molecule has 0 aliphatic rings. The molecule has 0 fully saturated rings. The van der Waals surface area contributed by atoms with E-state index in [1.54, 1.807) is 45.3 Å². The Hall–Kier alpha value is -3.69. The van der Waals surface area contributed by atoms with Gasteiger partial charge in [-0.25, -0.2) is 18.7 Å². The highest BCUT2D eigenvalue weighted by molar-refractivity contribution is 6.31. The molecule has 0 saturated heterocycles. The molecule has 0 bridgehead atoms. The van der Waals surface area contributed by atoms with Crippen LogP contribution < -0.4 is 10.3 Å². The summed E-state index contributed by atoms with van der Waals surface area (Å²) in [5.74, 6) is -1.13. The molecule has 192 valence electrons. The zero-order valence-electron chi connectivity index (χ0n) is 20.9. The number of aliphatic hydroxyl groups is 1. The van der Waals surface area contributed by atoms with Gasteiger partial charge in [-0.2, -0.15) is 0 Å². The van der Waals surface area contributed by atoms with Crippen molar-refractivity contribution < 1.29 is 18.6 Å². The summed E-state index contributed by atoms with van der Waals surface area (Å²) in [6.07, 6.45) is 3.23. The molecule has 0 radical (unpaired) electrons. The fourth-order valence-corrected chi connectivity index (χ4v) is 3.95. The number of rotatable bonds is 6. The number of benzene rings is 1. The lowest BCUT2D eigenvalue weighted by molar-refractivity contribution is 0.0688. The zero-order chi connectivity index (χ0) is 27.1. The number of pyridine rings is 2. The molecule has 0 unspecified atom stereocenters. The first-order valence-corrected chi connectivity index (χ1v) is 11.8. The molecule has 0 aliphatic carbocycles. The molecule has 7 nitrogen and oxygen atoms in total. The largest absolute Gasteiger partial charge is 0.487 e. The minimum Gasteiger partial charge on any atom is -0.487 e. The van der Waals surface area contributed by atoms with Crippen LogP contribution >= 0.6 is 11.6 Å². The molecule has 0 saturated carbocycles. The van der Waals surface area contributed by atoms with E-state index in [1.165, 1.54) is 10.6 Å². The van der Waals surface area contributed by atoms with Crippen molar-refractivity contribution in [2.45, 2.75) is 46.8 Å². The van der Waals surface area contributed by atoms with E-state index in [2.05, 4.69) is 15.0 Å². The van der Waals surface area contributed by atoms with Gasteiger partial charge in [-0.05, 0) is 63.9 Å². The van der Waals surface area contributed by atoms with Crippen molar-refractivity contribution in [3.05, 3.63) is 97.9 Å². The summed E-state index contributed by atoms with van der Waals surface area (Å²) >= 11 is 6.38. The van der Waals surface area contributed by atoms with Crippen LogP contribution in [0.15, 0.2) is 47.5 Å². The molecule has 4 rings (SSSR count). The van der Waals surface area contributed by atoms with Crippen LogP contribution in [0.1, 0.15) is 42.1 Å². The van der Waals surface area contributed by atoms with Gasteiger partial charge in [0.15, 0.2) is 5.82 Å². The maximum Gasteiger partial charge on any atom is 0.277 e. The van der Waals surface area contributed by atoms with Crippen molar-refractivity contribution in [3.63, 3.8) is 0 Å². The Kier molecular flexibility index (Phi) is 7.12. The third-order valence-electron chi connectivity index (χ3n) is 5.78. The Morgan fingerprint density at radius 2 is 1.76 bits per heavy atom. The van der Waals surface area contributed by atoms with E-state index in [-0.39, 0.29) is 28.8 Å². The Balaban J connectivity index is 1.75. The van der Waals surface area contributed by atoms with Crippen LogP contribution in [0.25, 0.3) is 17.1 Å². The molecule has 1 aromatic carbocycles. The van der Waals surface area contributed by atoms with Gasteiger partial charge in [-0.1, -0.05) is 11.6 Å². The predicted octanol–water partition coefficient (Wildman–Crippen LogP) is 5.35. The molecule has 0 aliphatic heterocycles. The summed E-state index contributed by atoms with van der Waals surface area (Å²) in [6.45, 7) is 8.30. The maximum absolute atomic E-state index is 14.0. The fourth-order valence-electron chi connectivity index (χ4n) is 3.76. The van der Waals surface area contributed by atoms with E-state index in [0.29, 0.717) is 28.3 Å². The molecule has 0 amide bonds. The Bertz CT molecular complexity index is 1570. The van der Waals surface area contributed by atoms with Crippen LogP contribution in [0.3, 0.4) is 0 Å². The minimum absolute atomic E-state index is 0.0811. The van der Waals surface area contributed by atoms with Crippen molar-refractivity contribution in [1.29, 1.82) is 0 Å². The number of halogens is 3. The number of aromatic nitrogens is 4. The van der Waals surface area contributed by atoms with Gasteiger partial charge in [-0.15, -0.1) is 0 Å². The van der Waals surface area contributed by atoms with Gasteiger partial charge in [0, 0.05) is 35.8 Å². The van der Waals surface area contributed by atoms with Gasteiger partial charge >= 0.3 is 0 Å². The Morgan fingerprint density at radius 3 is 2.43 bits per heavy atom. The Labute approximate surface area is 217 Å². The highest BCUT2D eigenvalue weighted by Crippen LogP contribution is 2.29. The molecule has 10 heteroatoms. The first kappa shape index (κ1) is 26.4. The average molecular weight is 527 g/mol. The molecular formula is C27H25ClF2N4O3. The van der Waals surface area contributed by atoms with Gasteiger partial charge in [-0.3, -0.25) is 14.3 Å². The number of hydrogen-bond acceptors (Lipinski definition) is 6. The van der Waals surface area contributed by atoms with Crippen molar-refractivity contribution in [3.8, 4) is 22.8 Å². The second-order valence-corrected chi connectivity index (χ2v) is 9.65. The molecule has 0 spiro atoms. The van der Waals surface area contributed by atoms with E-state index in [9.17, 15) is 18.7 Å². The van der Waals surface area contributed by atoms with E-state index >= 15 is 0 Å². The third kappa shape index (κ3) is 5.38. The van der Waals surface area contributed by atoms with E-state index in [4.69, 9.17) is 16.3 Å². The van der Waals surface area contributed by atoms with Crippen LogP contribution in [0.5, 0.6) is 5.75 Å². The van der Waals surface area contributed by atoms with Gasteiger partial charge in [0.25, 0.3) is 5.56 Å². The highest BCUT2D eigenvalue weighted by Gasteiger charge is 2.22. The third-order valence-corrected chi connectivity index (χ3v) is 6.12. The van der Waals surface area contributed by atoms with Gasteiger partial charge in [0.05, 0.1) is 17.1 Å². The topological polar surface area (TPSA) is 90.1 Å². The maximum atomic E-state index is 14.0. The molecule has 3 aromatic heterocycles. The zero-order valence-corrected chi connectivity index (χ0v) is 21.7. The van der Waals surface area contributed by atoms with Crippen LogP contribution in [-0.2, 0) is 12.2 Å². The first-order chi connectivity index (χ1) is 17.4. The molecule has 0 atom stereocenters. The van der Waals surface area contributed by atoms with Crippen LogP contribution in [0, 0.1) is 32.4 Å². The van der Waals surface area contributed by atoms with Gasteiger partial charge < -0.3 is 9.84 Å². The molecule has 3 heterocycles. The van der Waals surface area contributed by atoms with E-state index in [1.807, 2.05) is 13.8 Å². The number of ether oxygens (including phenoxy) is 1. The van der Waals surface area contributed by atoms with Crippen LogP contribution in [-0.4, -0.2) is 24.6 Å². The second-order valence-electron chi connectivity index (χ2n) is 9.27. The summed E-state index contributed by atoms with van der Waals surface area (Å²) in [4.78, 5) is 26.5. The molecule has 4 aromatic rings. The molecular weight excluding hydrogens is 502 g/mol. The lowest BCUT2D eigenvalue weighted by Crippen LogP contribution is -2.23. The smallest absolute Gasteiger partial charge is 0.277 e. The number of aryl methyl sites for hydroxylation is 3. The van der Waals surface area contributed by atoms with E-state index in [0.717, 1.165) is 17.7 Å². The van der Waals surface area contributed by atoms with Gasteiger partial charge in [0.2, 0.25) is 0 Å². The van der Waals surface area contributed by atoms with Crippen molar-refractivity contribution in [2.24, 2.45) is 0 Å². The standard InChI is InChI=1S/C27H25ClF2N4O3/c1-14-11-31-20(24-15(2)12-32-26(33-24)27(4,5)36)10-21(14)34-16(3)8-22(23(28)25(34)35)37-13-17-6-7-18(29)9-19(17)30/h6-12,36H,13H2,1-5H3. The number of nitrogens with zero attached hydrogens (tertiary/aromatic N) is 4. The lowest BCUT2D eigenvalue weighted by Gasteiger charge is -2.18. The summed E-state index contributed by atoms with van der Waals surface area (Å²) in [5.41, 5.74) is 1.86. The summed E-state index contributed by atoms with van der Waals surface area (Å²) in [7, 11) is 0. The van der Waals surface area contributed by atoms with Gasteiger partial charge in [0.1, 0.15) is 34.6 Å². The first-order valence-electron chi connectivity index (χ1n) is 11.4. The van der Waals surface area contributed by atoms with Crippen molar-refractivity contribution in [2.75, 3.05) is 0 Å². The average Bonchev–Trinajstić information content (AvgIpc) is 2.82. The van der Waals surface area contributed by atoms with Crippen LogP contribution in [0.2, 0.25) is 5.02 Å². The monoisotopic (exact) mass is 526 g/mol.